The van der Waals surface area contributed by atoms with Gasteiger partial charge in [0.25, 0.3) is 5.56 Å². The molecule has 1 aromatic carbocycles. The van der Waals surface area contributed by atoms with Crippen LogP contribution in [-0.2, 0) is 17.8 Å². The second-order valence-corrected chi connectivity index (χ2v) is 6.03. The van der Waals surface area contributed by atoms with E-state index in [1.807, 2.05) is 0 Å². The summed E-state index contributed by atoms with van der Waals surface area (Å²) in [5.74, 6) is -0.236. The SMILES string of the molecule is [2H]c1cc(CNc2nc3nc([2H])n(C([2H])([2H])C([2H])([2H])N4C([2H])([2H])C([2H])([2H])OC([2H])([2H])C4([2H])[2H])c3c(=O)[nH]2)cc(Cl)c1Cl. The average molecular weight is 437 g/mol. The summed E-state index contributed by atoms with van der Waals surface area (Å²) in [6.07, 6.45) is -1.10. The summed E-state index contributed by atoms with van der Waals surface area (Å²) in [6, 6.07) is 2.77. The number of halogens is 2. The van der Waals surface area contributed by atoms with Crippen molar-refractivity contribution in [3.63, 3.8) is 0 Å². The van der Waals surface area contributed by atoms with Crippen LogP contribution in [0.25, 0.3) is 11.2 Å². The number of aryl methyl sites for hydroxylation is 1. The molecule has 0 aliphatic carbocycles. The van der Waals surface area contributed by atoms with E-state index in [0.29, 0.717) is 5.56 Å². The summed E-state index contributed by atoms with van der Waals surface area (Å²) in [5.41, 5.74) is -2.08. The first-order valence-corrected chi connectivity index (χ1v) is 8.34. The van der Waals surface area contributed by atoms with E-state index in [1.54, 1.807) is 0 Å². The topological polar surface area (TPSA) is 88.1 Å². The Kier molecular flexibility index (Phi) is 2.64. The van der Waals surface area contributed by atoms with Gasteiger partial charge in [0.1, 0.15) is 1.37 Å². The quantitative estimate of drug-likeness (QED) is 0.616. The fourth-order valence-electron chi connectivity index (χ4n) is 2.17. The molecule has 1 aliphatic heterocycles. The van der Waals surface area contributed by atoms with Crippen LogP contribution in [0.15, 0.2) is 29.3 Å². The fraction of sp³-hybridized carbons (Fsp3) is 0.389. The second-order valence-electron chi connectivity index (χ2n) is 5.25. The molecule has 0 bridgehead atoms. The Balaban J connectivity index is 1.80. The lowest BCUT2D eigenvalue weighted by Crippen LogP contribution is -2.38. The molecule has 4 rings (SSSR count). The monoisotopic (exact) mass is 436 g/mol. The number of hydrogen-bond acceptors (Lipinski definition) is 6. The predicted octanol–water partition coefficient (Wildman–Crippen LogP) is 2.37. The molecule has 0 unspecified atom stereocenters. The number of imidazole rings is 1. The minimum atomic E-state index is -4.01. The number of aromatic amines is 1. The smallest absolute Gasteiger partial charge is 0.278 e. The molecule has 3 heterocycles. The van der Waals surface area contributed by atoms with Gasteiger partial charge in [-0.3, -0.25) is 14.7 Å². The Labute approximate surface area is 191 Å². The largest absolute Gasteiger partial charge is 0.379 e. The van der Waals surface area contributed by atoms with Gasteiger partial charge in [-0.05, 0) is 17.7 Å². The van der Waals surface area contributed by atoms with Crippen molar-refractivity contribution in [1.82, 2.24) is 24.4 Å². The molecule has 0 saturated carbocycles. The van der Waals surface area contributed by atoms with Gasteiger partial charge >= 0.3 is 0 Å². The molecule has 1 fully saturated rings. The molecule has 3 aromatic rings. The van der Waals surface area contributed by atoms with Gasteiger partial charge in [-0.1, -0.05) is 29.3 Å². The van der Waals surface area contributed by atoms with Crippen LogP contribution in [0.5, 0.6) is 0 Å². The van der Waals surface area contributed by atoms with E-state index in [9.17, 15) is 4.79 Å². The van der Waals surface area contributed by atoms with Gasteiger partial charge in [0.2, 0.25) is 5.95 Å². The molecule has 8 nitrogen and oxygen atoms in total. The third-order valence-electron chi connectivity index (χ3n) is 3.41. The van der Waals surface area contributed by atoms with Crippen LogP contribution in [0.1, 0.15) is 24.8 Å². The zero-order chi connectivity index (χ0) is 32.0. The van der Waals surface area contributed by atoms with Gasteiger partial charge in [0.15, 0.2) is 11.2 Å². The van der Waals surface area contributed by atoms with Crippen LogP contribution in [0.4, 0.5) is 5.95 Å². The molecule has 0 amide bonds. The number of aromatic nitrogens is 4. The van der Waals surface area contributed by atoms with E-state index in [4.69, 9.17) is 42.4 Å². The number of ether oxygens (including phenoxy) is 1. The number of morpholine rings is 1. The maximum absolute atomic E-state index is 13.1. The van der Waals surface area contributed by atoms with Crippen molar-refractivity contribution in [3.8, 4) is 0 Å². The van der Waals surface area contributed by atoms with E-state index in [1.165, 1.54) is 12.1 Å². The summed E-state index contributed by atoms with van der Waals surface area (Å²) in [5, 5.41) is 2.85. The molecule has 1 aliphatic rings. The number of H-pyrrole nitrogens is 1. The Morgan fingerprint density at radius 3 is 2.96 bits per heavy atom. The first-order chi connectivity index (χ1) is 18.9. The Hall–Kier alpha value is -2.13. The number of benzene rings is 1. The first kappa shape index (κ1) is 8.71. The molecule has 28 heavy (non-hydrogen) atoms. The highest BCUT2D eigenvalue weighted by Crippen LogP contribution is 2.22. The first-order valence-electron chi connectivity index (χ1n) is 14.6. The van der Waals surface area contributed by atoms with Gasteiger partial charge in [-0.15, -0.1) is 0 Å². The van der Waals surface area contributed by atoms with Gasteiger partial charge < -0.3 is 14.6 Å². The van der Waals surface area contributed by atoms with Crippen molar-refractivity contribution < 1.29 is 23.9 Å². The van der Waals surface area contributed by atoms with E-state index < -0.39 is 67.0 Å². The molecule has 2 N–H and O–H groups in total. The van der Waals surface area contributed by atoms with Crippen LogP contribution in [-0.4, -0.2) is 57.0 Å². The minimum absolute atomic E-state index is 0.0292. The molecule has 2 aromatic heterocycles. The fourth-order valence-corrected chi connectivity index (χ4v) is 2.48. The van der Waals surface area contributed by atoms with Gasteiger partial charge in [-0.2, -0.15) is 4.98 Å². The third kappa shape index (κ3) is 4.30. The standard InChI is InChI=1S/C18H20Cl2N6O2/c19-13-2-1-12(9-14(13)20)10-21-18-23-16-15(17(27)24-18)26(11-22-16)4-3-25-5-7-28-8-6-25/h1-2,9,11H,3-8,10H2,(H2,21,23,24,27)/i2D,3D2,4D2,5D2,6D2,7D2,8D2,11D. The van der Waals surface area contributed by atoms with Crippen molar-refractivity contribution in [3.05, 3.63) is 50.4 Å². The van der Waals surface area contributed by atoms with E-state index in [2.05, 4.69) is 25.0 Å². The maximum atomic E-state index is 13.1. The Morgan fingerprint density at radius 1 is 1.36 bits per heavy atom. The van der Waals surface area contributed by atoms with Crippen molar-refractivity contribution in [2.75, 3.05) is 37.9 Å². The van der Waals surface area contributed by atoms with Crippen molar-refractivity contribution in [2.45, 2.75) is 13.0 Å². The number of fused-ring (bicyclic) bond motifs is 1. The minimum Gasteiger partial charge on any atom is -0.379 e. The zero-order valence-corrected chi connectivity index (χ0v) is 15.2. The van der Waals surface area contributed by atoms with Crippen LogP contribution < -0.4 is 10.9 Å². The lowest BCUT2D eigenvalue weighted by Gasteiger charge is -2.26. The highest BCUT2D eigenvalue weighted by atomic mass is 35.5. The predicted molar refractivity (Wildman–Crippen MR) is 109 cm³/mol. The third-order valence-corrected chi connectivity index (χ3v) is 4.12. The Bertz CT molecular complexity index is 1580. The summed E-state index contributed by atoms with van der Waals surface area (Å²) in [6.45, 7) is -22.9. The average Bonchev–Trinajstić information content (AvgIpc) is 3.15. The van der Waals surface area contributed by atoms with Gasteiger partial charge in [0, 0.05) is 40.8 Å². The van der Waals surface area contributed by atoms with Gasteiger partial charge in [-0.25, -0.2) is 4.98 Å². The summed E-state index contributed by atoms with van der Waals surface area (Å²) in [4.78, 5) is 22.4. The van der Waals surface area contributed by atoms with Crippen LogP contribution in [0, 0.1) is 0 Å². The lowest BCUT2D eigenvalue weighted by atomic mass is 10.2. The highest BCUT2D eigenvalue weighted by Gasteiger charge is 2.14. The summed E-state index contributed by atoms with van der Waals surface area (Å²) in [7, 11) is 0. The molecular weight excluding hydrogens is 403 g/mol. The maximum Gasteiger partial charge on any atom is 0.278 e. The Morgan fingerprint density at radius 2 is 2.18 bits per heavy atom. The van der Waals surface area contributed by atoms with Crippen molar-refractivity contribution in [2.24, 2.45) is 0 Å². The van der Waals surface area contributed by atoms with Crippen LogP contribution >= 0.6 is 23.2 Å². The van der Waals surface area contributed by atoms with E-state index in [0.717, 1.165) is 0 Å². The van der Waals surface area contributed by atoms with E-state index >= 15 is 0 Å². The second kappa shape index (κ2) is 8.48. The van der Waals surface area contributed by atoms with Crippen molar-refractivity contribution >= 4 is 40.3 Å². The van der Waals surface area contributed by atoms with Gasteiger partial charge in [0.05, 0.1) is 39.1 Å². The molecule has 10 heteroatoms. The molecule has 1 saturated heterocycles. The number of rotatable bonds is 6. The summed E-state index contributed by atoms with van der Waals surface area (Å²) < 4.78 is 118. The number of nitrogens with zero attached hydrogens (tertiary/aromatic N) is 4. The molecule has 0 spiro atoms. The molecule has 0 radical (unpaired) electrons. The number of nitrogens with one attached hydrogen (secondary N) is 2. The summed E-state index contributed by atoms with van der Waals surface area (Å²) >= 11 is 11.8. The molecule has 0 atom stereocenters. The zero-order valence-electron chi connectivity index (χ0n) is 27.7. The number of hydrogen-bond donors (Lipinski definition) is 2. The lowest BCUT2D eigenvalue weighted by molar-refractivity contribution is 0.0365. The van der Waals surface area contributed by atoms with Crippen LogP contribution in [0.3, 0.4) is 0 Å². The molecule has 148 valence electrons. The normalized spacial score (nSPS) is 30.8. The van der Waals surface area contributed by atoms with Crippen molar-refractivity contribution in [1.29, 1.82) is 0 Å². The van der Waals surface area contributed by atoms with E-state index in [-0.39, 0.29) is 33.1 Å². The van der Waals surface area contributed by atoms with Crippen LogP contribution in [0.2, 0.25) is 10.0 Å². The highest BCUT2D eigenvalue weighted by molar-refractivity contribution is 6.42. The number of anilines is 1. The molecular formula is C18H20Cl2N6O2.